The van der Waals surface area contributed by atoms with Gasteiger partial charge < -0.3 is 4.98 Å². The van der Waals surface area contributed by atoms with Gasteiger partial charge in [0.15, 0.2) is 0 Å². The number of anilines is 1. The molecule has 2 N–H and O–H groups in total. The van der Waals surface area contributed by atoms with Crippen LogP contribution in [0, 0.1) is 0 Å². The van der Waals surface area contributed by atoms with Gasteiger partial charge in [0, 0.05) is 18.8 Å². The molecule has 0 aliphatic carbocycles. The van der Waals surface area contributed by atoms with Gasteiger partial charge in [-0.25, -0.2) is 4.98 Å². The van der Waals surface area contributed by atoms with E-state index in [0.717, 1.165) is 0 Å². The fraction of sp³-hybridized carbons (Fsp3) is 0.143. The molecule has 1 rings (SSSR count). The lowest BCUT2D eigenvalue weighted by atomic mass is 10.4. The highest BCUT2D eigenvalue weighted by Crippen LogP contribution is 1.95. The lowest BCUT2D eigenvalue weighted by Crippen LogP contribution is -2.10. The minimum atomic E-state index is -0.116. The third kappa shape index (κ3) is 2.25. The van der Waals surface area contributed by atoms with Crippen LogP contribution in [0.25, 0.3) is 0 Å². The molecule has 0 aliphatic rings. The summed E-state index contributed by atoms with van der Waals surface area (Å²) in [6, 6.07) is 0. The number of hydrogen-bond donors (Lipinski definition) is 2. The summed E-state index contributed by atoms with van der Waals surface area (Å²) >= 11 is 0. The Morgan fingerprint density at radius 3 is 3.27 bits per heavy atom. The van der Waals surface area contributed by atoms with Crippen LogP contribution >= 0.6 is 0 Å². The lowest BCUT2D eigenvalue weighted by molar-refractivity contribution is -0.115. The number of amides is 1. The first-order valence-electron chi connectivity index (χ1n) is 3.23. The molecule has 0 saturated carbocycles. The normalized spacial score (nSPS) is 9.09. The SMILES string of the molecule is C=CCC(=O)Nc1ncc[nH]1. The molecular weight excluding hydrogens is 142 g/mol. The van der Waals surface area contributed by atoms with Crippen LogP contribution < -0.4 is 5.32 Å². The smallest absolute Gasteiger partial charge is 0.230 e. The Balaban J connectivity index is 2.43. The van der Waals surface area contributed by atoms with Crippen molar-refractivity contribution in [2.75, 3.05) is 5.32 Å². The Labute approximate surface area is 64.3 Å². The van der Waals surface area contributed by atoms with Gasteiger partial charge >= 0.3 is 0 Å². The van der Waals surface area contributed by atoms with Crippen LogP contribution in [0.2, 0.25) is 0 Å². The average molecular weight is 151 g/mol. The zero-order valence-corrected chi connectivity index (χ0v) is 6.00. The number of nitrogens with one attached hydrogen (secondary N) is 2. The van der Waals surface area contributed by atoms with Gasteiger partial charge in [-0.1, -0.05) is 6.08 Å². The minimum Gasteiger partial charge on any atom is -0.331 e. The predicted octanol–water partition coefficient (Wildman–Crippen LogP) is 0.924. The summed E-state index contributed by atoms with van der Waals surface area (Å²) in [5, 5.41) is 2.55. The molecule has 0 spiro atoms. The van der Waals surface area contributed by atoms with E-state index in [9.17, 15) is 4.79 Å². The largest absolute Gasteiger partial charge is 0.331 e. The molecule has 0 unspecified atom stereocenters. The fourth-order valence-electron chi connectivity index (χ4n) is 0.648. The van der Waals surface area contributed by atoms with Gasteiger partial charge in [0.2, 0.25) is 11.9 Å². The summed E-state index contributed by atoms with van der Waals surface area (Å²) in [5.74, 6) is 0.354. The van der Waals surface area contributed by atoms with Gasteiger partial charge in [0.05, 0.1) is 0 Å². The van der Waals surface area contributed by atoms with E-state index in [1.807, 2.05) is 0 Å². The van der Waals surface area contributed by atoms with Crippen LogP contribution in [0.5, 0.6) is 0 Å². The number of H-pyrrole nitrogens is 1. The topological polar surface area (TPSA) is 57.8 Å². The molecule has 0 saturated heterocycles. The quantitative estimate of drug-likeness (QED) is 0.631. The third-order valence-corrected chi connectivity index (χ3v) is 1.09. The van der Waals surface area contributed by atoms with E-state index >= 15 is 0 Å². The molecular formula is C7H9N3O. The summed E-state index contributed by atoms with van der Waals surface area (Å²) in [7, 11) is 0. The highest BCUT2D eigenvalue weighted by atomic mass is 16.1. The van der Waals surface area contributed by atoms with Gasteiger partial charge in [-0.2, -0.15) is 0 Å². The van der Waals surface area contributed by atoms with Gasteiger partial charge in [0.1, 0.15) is 0 Å². The first kappa shape index (κ1) is 7.53. The zero-order chi connectivity index (χ0) is 8.10. The van der Waals surface area contributed by atoms with E-state index in [-0.39, 0.29) is 5.91 Å². The standard InChI is InChI=1S/C7H9N3O/c1-2-3-6(11)10-7-8-4-5-9-7/h2,4-5H,1,3H2,(H2,8,9,10,11). The number of rotatable bonds is 3. The lowest BCUT2D eigenvalue weighted by Gasteiger charge is -1.96. The average Bonchev–Trinajstić information content (AvgIpc) is 2.40. The second-order valence-corrected chi connectivity index (χ2v) is 1.98. The number of aromatic nitrogens is 2. The first-order valence-corrected chi connectivity index (χ1v) is 3.23. The van der Waals surface area contributed by atoms with E-state index in [1.54, 1.807) is 12.4 Å². The van der Waals surface area contributed by atoms with E-state index in [4.69, 9.17) is 0 Å². The molecule has 4 nitrogen and oxygen atoms in total. The molecule has 1 amide bonds. The number of hydrogen-bond acceptors (Lipinski definition) is 2. The van der Waals surface area contributed by atoms with Crippen LogP contribution in [-0.4, -0.2) is 15.9 Å². The van der Waals surface area contributed by atoms with Crippen LogP contribution in [0.4, 0.5) is 5.95 Å². The molecule has 0 atom stereocenters. The first-order chi connectivity index (χ1) is 5.33. The van der Waals surface area contributed by atoms with Crippen LogP contribution in [0.1, 0.15) is 6.42 Å². The number of carbonyl (C=O) groups excluding carboxylic acids is 1. The van der Waals surface area contributed by atoms with Crippen LogP contribution in [0.3, 0.4) is 0 Å². The maximum Gasteiger partial charge on any atom is 0.230 e. The third-order valence-electron chi connectivity index (χ3n) is 1.09. The molecule has 0 fully saturated rings. The highest BCUT2D eigenvalue weighted by Gasteiger charge is 1.98. The molecule has 0 bridgehead atoms. The van der Waals surface area contributed by atoms with Gasteiger partial charge in [-0.3, -0.25) is 10.1 Å². The Bertz CT molecular complexity index is 240. The fourth-order valence-corrected chi connectivity index (χ4v) is 0.648. The molecule has 0 aliphatic heterocycles. The van der Waals surface area contributed by atoms with Crippen molar-refractivity contribution in [3.8, 4) is 0 Å². The molecule has 4 heteroatoms. The number of carbonyl (C=O) groups is 1. The Hall–Kier alpha value is -1.58. The van der Waals surface area contributed by atoms with Crippen LogP contribution in [0.15, 0.2) is 25.0 Å². The summed E-state index contributed by atoms with van der Waals surface area (Å²) in [6.45, 7) is 3.44. The summed E-state index contributed by atoms with van der Waals surface area (Å²) in [5.41, 5.74) is 0. The summed E-state index contributed by atoms with van der Waals surface area (Å²) in [4.78, 5) is 17.4. The molecule has 0 radical (unpaired) electrons. The Morgan fingerprint density at radius 2 is 2.73 bits per heavy atom. The maximum atomic E-state index is 10.9. The highest BCUT2D eigenvalue weighted by molar-refractivity contribution is 5.89. The van der Waals surface area contributed by atoms with Crippen molar-refractivity contribution in [1.82, 2.24) is 9.97 Å². The minimum absolute atomic E-state index is 0.116. The van der Waals surface area contributed by atoms with Gasteiger partial charge in [0.25, 0.3) is 0 Å². The summed E-state index contributed by atoms with van der Waals surface area (Å²) in [6.07, 6.45) is 5.06. The molecule has 1 heterocycles. The van der Waals surface area contributed by atoms with Crippen molar-refractivity contribution < 1.29 is 4.79 Å². The van der Waals surface area contributed by atoms with E-state index < -0.39 is 0 Å². The van der Waals surface area contributed by atoms with Crippen molar-refractivity contribution in [3.05, 3.63) is 25.0 Å². The van der Waals surface area contributed by atoms with E-state index in [1.165, 1.54) is 6.08 Å². The van der Waals surface area contributed by atoms with Crippen molar-refractivity contribution in [2.45, 2.75) is 6.42 Å². The predicted molar refractivity (Wildman–Crippen MR) is 42.0 cm³/mol. The monoisotopic (exact) mass is 151 g/mol. The zero-order valence-electron chi connectivity index (χ0n) is 6.00. The second kappa shape index (κ2) is 3.55. The van der Waals surface area contributed by atoms with E-state index in [0.29, 0.717) is 12.4 Å². The van der Waals surface area contributed by atoms with Crippen molar-refractivity contribution in [3.63, 3.8) is 0 Å². The molecule has 58 valence electrons. The van der Waals surface area contributed by atoms with Crippen molar-refractivity contribution >= 4 is 11.9 Å². The van der Waals surface area contributed by atoms with Gasteiger partial charge in [-0.05, 0) is 0 Å². The maximum absolute atomic E-state index is 10.9. The van der Waals surface area contributed by atoms with Crippen molar-refractivity contribution in [1.29, 1.82) is 0 Å². The van der Waals surface area contributed by atoms with Crippen molar-refractivity contribution in [2.24, 2.45) is 0 Å². The number of aromatic amines is 1. The number of nitrogens with zero attached hydrogens (tertiary/aromatic N) is 1. The Morgan fingerprint density at radius 1 is 1.91 bits per heavy atom. The number of imidazole rings is 1. The molecule has 1 aromatic heterocycles. The summed E-state index contributed by atoms with van der Waals surface area (Å²) < 4.78 is 0. The second-order valence-electron chi connectivity index (χ2n) is 1.98. The molecule has 11 heavy (non-hydrogen) atoms. The van der Waals surface area contributed by atoms with E-state index in [2.05, 4.69) is 21.9 Å². The molecule has 1 aromatic rings. The Kier molecular flexibility index (Phi) is 2.43. The van der Waals surface area contributed by atoms with Crippen LogP contribution in [-0.2, 0) is 4.79 Å². The molecule has 0 aromatic carbocycles. The van der Waals surface area contributed by atoms with Gasteiger partial charge in [-0.15, -0.1) is 6.58 Å².